The summed E-state index contributed by atoms with van der Waals surface area (Å²) in [6.07, 6.45) is 2.82. The molecule has 1 N–H and O–H groups in total. The molecule has 0 spiro atoms. The predicted octanol–water partition coefficient (Wildman–Crippen LogP) is 1.96. The molecule has 3 nitrogen and oxygen atoms in total. The van der Waals surface area contributed by atoms with Crippen LogP contribution in [0.2, 0.25) is 0 Å². The van der Waals surface area contributed by atoms with Crippen molar-refractivity contribution in [2.45, 2.75) is 0 Å². The minimum absolute atomic E-state index is 0. The maximum absolute atomic E-state index is 10.4. The number of rotatable bonds is 1. The van der Waals surface area contributed by atoms with Crippen molar-refractivity contribution in [2.75, 3.05) is 0 Å². The van der Waals surface area contributed by atoms with Crippen LogP contribution >= 0.6 is 28.3 Å². The zero-order chi connectivity index (χ0) is 7.56. The van der Waals surface area contributed by atoms with Crippen molar-refractivity contribution in [1.29, 1.82) is 0 Å². The average molecular weight is 238 g/mol. The van der Waals surface area contributed by atoms with Crippen LogP contribution in [-0.4, -0.2) is 16.1 Å². The zero-order valence-electron chi connectivity index (χ0n) is 5.32. The molecule has 0 radical (unpaired) electrons. The first-order chi connectivity index (χ1) is 4.72. The number of carbonyl (C=O) groups is 1. The van der Waals surface area contributed by atoms with Crippen molar-refractivity contribution < 1.29 is 9.90 Å². The van der Waals surface area contributed by atoms with Crippen LogP contribution in [0.25, 0.3) is 0 Å². The molecule has 5 heteroatoms. The van der Waals surface area contributed by atoms with Gasteiger partial charge in [0.05, 0.1) is 5.56 Å². The second-order valence-corrected chi connectivity index (χ2v) is 2.52. The maximum Gasteiger partial charge on any atom is 0.338 e. The molecule has 0 amide bonds. The second-order valence-electron chi connectivity index (χ2n) is 1.66. The molecular formula is C6H5BrClNO2. The molecule has 60 valence electrons. The lowest BCUT2D eigenvalue weighted by Crippen LogP contribution is -1.97. The Bertz CT molecular complexity index is 267. The van der Waals surface area contributed by atoms with Gasteiger partial charge < -0.3 is 5.11 Å². The lowest BCUT2D eigenvalue weighted by atomic mass is 10.3. The van der Waals surface area contributed by atoms with Crippen molar-refractivity contribution in [2.24, 2.45) is 0 Å². The van der Waals surface area contributed by atoms with Gasteiger partial charge in [-0.15, -0.1) is 12.4 Å². The summed E-state index contributed by atoms with van der Waals surface area (Å²) in [6, 6.07) is 1.59. The van der Waals surface area contributed by atoms with Crippen LogP contribution in [0.4, 0.5) is 0 Å². The highest BCUT2D eigenvalue weighted by atomic mass is 79.9. The number of halogens is 2. The van der Waals surface area contributed by atoms with E-state index in [0.29, 0.717) is 4.47 Å². The van der Waals surface area contributed by atoms with Crippen molar-refractivity contribution in [3.63, 3.8) is 0 Å². The highest BCUT2D eigenvalue weighted by Crippen LogP contribution is 2.13. The molecule has 0 aliphatic heterocycles. The first kappa shape index (κ1) is 10.4. The SMILES string of the molecule is Cl.O=C(O)c1cnccc1Br. The molecule has 0 bridgehead atoms. The molecule has 0 aliphatic rings. The molecule has 1 rings (SSSR count). The van der Waals surface area contributed by atoms with E-state index in [0.717, 1.165) is 0 Å². The van der Waals surface area contributed by atoms with Gasteiger partial charge in [0, 0.05) is 16.9 Å². The standard InChI is InChI=1S/C6H4BrNO2.ClH/c7-5-1-2-8-3-4(5)6(9)10;/h1-3H,(H,9,10);1H. The van der Waals surface area contributed by atoms with Crippen LogP contribution in [0, 0.1) is 0 Å². The fourth-order valence-corrected chi connectivity index (χ4v) is 0.925. The Morgan fingerprint density at radius 1 is 1.64 bits per heavy atom. The average Bonchev–Trinajstić information content (AvgIpc) is 1.88. The van der Waals surface area contributed by atoms with E-state index in [1.165, 1.54) is 12.4 Å². The summed E-state index contributed by atoms with van der Waals surface area (Å²) >= 11 is 3.08. The van der Waals surface area contributed by atoms with Crippen LogP contribution in [0.1, 0.15) is 10.4 Å². The molecule has 0 saturated heterocycles. The Morgan fingerprint density at radius 2 is 2.27 bits per heavy atom. The maximum atomic E-state index is 10.4. The van der Waals surface area contributed by atoms with Gasteiger partial charge in [-0.25, -0.2) is 4.79 Å². The Kier molecular flexibility index (Phi) is 4.07. The van der Waals surface area contributed by atoms with Crippen LogP contribution in [0.5, 0.6) is 0 Å². The minimum Gasteiger partial charge on any atom is -0.478 e. The number of hydrogen-bond acceptors (Lipinski definition) is 2. The van der Waals surface area contributed by atoms with E-state index in [4.69, 9.17) is 5.11 Å². The van der Waals surface area contributed by atoms with Gasteiger partial charge in [0.15, 0.2) is 0 Å². The summed E-state index contributed by atoms with van der Waals surface area (Å²) in [4.78, 5) is 14.0. The normalized spacial score (nSPS) is 8.45. The summed E-state index contributed by atoms with van der Waals surface area (Å²) in [5, 5.41) is 8.50. The van der Waals surface area contributed by atoms with Crippen LogP contribution < -0.4 is 0 Å². The van der Waals surface area contributed by atoms with Crippen molar-refractivity contribution in [3.05, 3.63) is 28.5 Å². The highest BCUT2D eigenvalue weighted by molar-refractivity contribution is 9.10. The quantitative estimate of drug-likeness (QED) is 0.814. The van der Waals surface area contributed by atoms with Gasteiger partial charge in [-0.1, -0.05) is 0 Å². The van der Waals surface area contributed by atoms with Gasteiger partial charge in [0.25, 0.3) is 0 Å². The van der Waals surface area contributed by atoms with Gasteiger partial charge >= 0.3 is 5.97 Å². The first-order valence-corrected chi connectivity index (χ1v) is 3.34. The number of carboxylic acid groups (broad SMARTS) is 1. The zero-order valence-corrected chi connectivity index (χ0v) is 7.72. The number of aromatic carboxylic acids is 1. The highest BCUT2D eigenvalue weighted by Gasteiger charge is 2.05. The predicted molar refractivity (Wildman–Crippen MR) is 46.1 cm³/mol. The largest absolute Gasteiger partial charge is 0.478 e. The third-order valence-electron chi connectivity index (χ3n) is 0.998. The molecular weight excluding hydrogens is 233 g/mol. The third kappa shape index (κ3) is 2.48. The summed E-state index contributed by atoms with van der Waals surface area (Å²) in [5.74, 6) is -0.972. The lowest BCUT2D eigenvalue weighted by molar-refractivity contribution is 0.0695. The summed E-state index contributed by atoms with van der Waals surface area (Å²) < 4.78 is 0.551. The summed E-state index contributed by atoms with van der Waals surface area (Å²) in [7, 11) is 0. The third-order valence-corrected chi connectivity index (χ3v) is 1.69. The molecule has 0 unspecified atom stereocenters. The molecule has 0 fully saturated rings. The number of hydrogen-bond donors (Lipinski definition) is 1. The smallest absolute Gasteiger partial charge is 0.338 e. The molecule has 0 atom stereocenters. The van der Waals surface area contributed by atoms with Gasteiger partial charge in [0.2, 0.25) is 0 Å². The Labute approximate surface area is 78.0 Å². The molecule has 1 aromatic heterocycles. The lowest BCUT2D eigenvalue weighted by Gasteiger charge is -1.93. The van der Waals surface area contributed by atoms with E-state index in [9.17, 15) is 4.79 Å². The Hall–Kier alpha value is -0.610. The number of carboxylic acids is 1. The van der Waals surface area contributed by atoms with Crippen LogP contribution in [-0.2, 0) is 0 Å². The van der Waals surface area contributed by atoms with Gasteiger partial charge in [-0.3, -0.25) is 4.98 Å². The molecule has 1 aromatic rings. The van der Waals surface area contributed by atoms with Crippen molar-refractivity contribution >= 4 is 34.3 Å². The van der Waals surface area contributed by atoms with E-state index in [2.05, 4.69) is 20.9 Å². The Morgan fingerprint density at radius 3 is 2.64 bits per heavy atom. The van der Waals surface area contributed by atoms with Gasteiger partial charge in [-0.2, -0.15) is 0 Å². The molecule has 1 heterocycles. The summed E-state index contributed by atoms with van der Waals surface area (Å²) in [6.45, 7) is 0. The van der Waals surface area contributed by atoms with Gasteiger partial charge in [0.1, 0.15) is 0 Å². The number of pyridine rings is 1. The van der Waals surface area contributed by atoms with E-state index in [1.54, 1.807) is 6.07 Å². The number of nitrogens with zero attached hydrogens (tertiary/aromatic N) is 1. The molecule has 0 aliphatic carbocycles. The molecule has 11 heavy (non-hydrogen) atoms. The van der Waals surface area contributed by atoms with E-state index < -0.39 is 5.97 Å². The van der Waals surface area contributed by atoms with Crippen molar-refractivity contribution in [3.8, 4) is 0 Å². The second kappa shape index (κ2) is 4.31. The monoisotopic (exact) mass is 237 g/mol. The van der Waals surface area contributed by atoms with Crippen molar-refractivity contribution in [1.82, 2.24) is 4.98 Å². The minimum atomic E-state index is -0.972. The topological polar surface area (TPSA) is 50.2 Å². The van der Waals surface area contributed by atoms with E-state index in [1.807, 2.05) is 0 Å². The first-order valence-electron chi connectivity index (χ1n) is 2.54. The fraction of sp³-hybridized carbons (Fsp3) is 0. The molecule has 0 aromatic carbocycles. The van der Waals surface area contributed by atoms with E-state index >= 15 is 0 Å². The van der Waals surface area contributed by atoms with Gasteiger partial charge in [-0.05, 0) is 22.0 Å². The molecule has 0 saturated carbocycles. The van der Waals surface area contributed by atoms with E-state index in [-0.39, 0.29) is 18.0 Å². The van der Waals surface area contributed by atoms with Crippen LogP contribution in [0.15, 0.2) is 22.9 Å². The summed E-state index contributed by atoms with van der Waals surface area (Å²) in [5.41, 5.74) is 0.183. The fourth-order valence-electron chi connectivity index (χ4n) is 0.535. The Balaban J connectivity index is 0.000001000. The number of aromatic nitrogens is 1. The van der Waals surface area contributed by atoms with Crippen LogP contribution in [0.3, 0.4) is 0 Å².